The standard InChI is InChI=1S/C20H37N5O2.HI/c1-6-21-19(23-14-20(12-15(3)4)10-8-9-11-20)22-13-17-24-18(25-27-17)16(5)26-7-2;/h15-16H,6-14H2,1-5H3,(H2,21,22,23);1H. The highest BCUT2D eigenvalue weighted by Gasteiger charge is 2.34. The van der Waals surface area contributed by atoms with E-state index >= 15 is 0 Å². The molecule has 1 aliphatic carbocycles. The Morgan fingerprint density at radius 2 is 1.93 bits per heavy atom. The van der Waals surface area contributed by atoms with E-state index in [1.807, 2.05) is 13.8 Å². The molecule has 1 aromatic rings. The van der Waals surface area contributed by atoms with E-state index in [0.717, 1.165) is 19.0 Å². The predicted octanol–water partition coefficient (Wildman–Crippen LogP) is 4.45. The van der Waals surface area contributed by atoms with Crippen molar-refractivity contribution < 1.29 is 9.26 Å². The molecule has 1 heterocycles. The minimum absolute atomic E-state index is 0. The molecular weight excluding hydrogens is 469 g/mol. The molecule has 162 valence electrons. The van der Waals surface area contributed by atoms with Crippen LogP contribution in [0.3, 0.4) is 0 Å². The number of hydrogen-bond donors (Lipinski definition) is 2. The Morgan fingerprint density at radius 3 is 2.54 bits per heavy atom. The second-order valence-electron chi connectivity index (χ2n) is 8.00. The molecule has 1 fully saturated rings. The van der Waals surface area contributed by atoms with Crippen LogP contribution in [-0.4, -0.2) is 35.8 Å². The zero-order valence-corrected chi connectivity index (χ0v) is 20.4. The topological polar surface area (TPSA) is 84.6 Å². The van der Waals surface area contributed by atoms with Crippen LogP contribution < -0.4 is 10.6 Å². The van der Waals surface area contributed by atoms with E-state index in [4.69, 9.17) is 9.26 Å². The van der Waals surface area contributed by atoms with Crippen LogP contribution in [0, 0.1) is 11.3 Å². The molecule has 1 saturated carbocycles. The molecule has 0 spiro atoms. The van der Waals surface area contributed by atoms with Gasteiger partial charge in [-0.2, -0.15) is 4.98 Å². The number of rotatable bonds is 10. The van der Waals surface area contributed by atoms with Gasteiger partial charge in [-0.25, -0.2) is 4.99 Å². The normalized spacial score (nSPS) is 17.4. The Labute approximate surface area is 186 Å². The summed E-state index contributed by atoms with van der Waals surface area (Å²) in [5.74, 6) is 2.60. The van der Waals surface area contributed by atoms with Gasteiger partial charge in [-0.05, 0) is 51.4 Å². The number of ether oxygens (including phenoxy) is 1. The van der Waals surface area contributed by atoms with Crippen LogP contribution in [0.25, 0.3) is 0 Å². The number of guanidine groups is 1. The Kier molecular flexibility index (Phi) is 11.3. The average molecular weight is 507 g/mol. The van der Waals surface area contributed by atoms with Crippen molar-refractivity contribution in [1.29, 1.82) is 0 Å². The summed E-state index contributed by atoms with van der Waals surface area (Å²) in [6.45, 7) is 13.3. The number of nitrogens with zero attached hydrogens (tertiary/aromatic N) is 3. The van der Waals surface area contributed by atoms with Crippen molar-refractivity contribution in [2.24, 2.45) is 16.3 Å². The fourth-order valence-electron chi connectivity index (χ4n) is 4.03. The fourth-order valence-corrected chi connectivity index (χ4v) is 4.03. The van der Waals surface area contributed by atoms with Crippen LogP contribution in [0.5, 0.6) is 0 Å². The lowest BCUT2D eigenvalue weighted by Gasteiger charge is -2.31. The van der Waals surface area contributed by atoms with Crippen LogP contribution in [0.1, 0.15) is 84.5 Å². The zero-order chi connectivity index (χ0) is 19.7. The van der Waals surface area contributed by atoms with E-state index < -0.39 is 0 Å². The quantitative estimate of drug-likeness (QED) is 0.277. The van der Waals surface area contributed by atoms with Gasteiger partial charge in [-0.3, -0.25) is 0 Å². The van der Waals surface area contributed by atoms with Crippen molar-refractivity contribution in [1.82, 2.24) is 20.8 Å². The Balaban J connectivity index is 0.00000392. The van der Waals surface area contributed by atoms with Gasteiger partial charge in [-0.1, -0.05) is 31.8 Å². The lowest BCUT2D eigenvalue weighted by atomic mass is 9.78. The van der Waals surface area contributed by atoms with E-state index in [-0.39, 0.29) is 30.1 Å². The summed E-state index contributed by atoms with van der Waals surface area (Å²) in [6.07, 6.45) is 6.39. The summed E-state index contributed by atoms with van der Waals surface area (Å²) in [4.78, 5) is 9.02. The summed E-state index contributed by atoms with van der Waals surface area (Å²) >= 11 is 0. The first-order valence-corrected chi connectivity index (χ1v) is 10.4. The van der Waals surface area contributed by atoms with Crippen LogP contribution >= 0.6 is 24.0 Å². The monoisotopic (exact) mass is 507 g/mol. The van der Waals surface area contributed by atoms with Gasteiger partial charge in [0.25, 0.3) is 0 Å². The minimum Gasteiger partial charge on any atom is -0.371 e. The van der Waals surface area contributed by atoms with Gasteiger partial charge in [-0.15, -0.1) is 24.0 Å². The summed E-state index contributed by atoms with van der Waals surface area (Å²) in [7, 11) is 0. The van der Waals surface area contributed by atoms with Crippen molar-refractivity contribution in [2.45, 2.75) is 79.4 Å². The number of halogens is 1. The molecule has 0 saturated heterocycles. The molecule has 7 nitrogen and oxygen atoms in total. The highest BCUT2D eigenvalue weighted by molar-refractivity contribution is 14.0. The molecule has 1 atom stereocenters. The smallest absolute Gasteiger partial charge is 0.248 e. The first kappa shape index (κ1) is 25.1. The van der Waals surface area contributed by atoms with E-state index in [2.05, 4.69) is 46.5 Å². The summed E-state index contributed by atoms with van der Waals surface area (Å²) in [5.41, 5.74) is 0.398. The van der Waals surface area contributed by atoms with E-state index in [0.29, 0.717) is 36.2 Å². The van der Waals surface area contributed by atoms with Crippen molar-refractivity contribution >= 4 is 29.9 Å². The molecule has 1 aromatic heterocycles. The SMILES string of the molecule is CCNC(=NCc1nc(C(C)OCC)no1)NCC1(CC(C)C)CCCC1.I. The third kappa shape index (κ3) is 7.85. The number of nitrogens with one attached hydrogen (secondary N) is 2. The molecule has 0 amide bonds. The van der Waals surface area contributed by atoms with Gasteiger partial charge in [0.2, 0.25) is 5.89 Å². The summed E-state index contributed by atoms with van der Waals surface area (Å²) in [5, 5.41) is 10.9. The maximum atomic E-state index is 5.50. The molecule has 2 N–H and O–H groups in total. The van der Waals surface area contributed by atoms with Gasteiger partial charge >= 0.3 is 0 Å². The molecule has 1 unspecified atom stereocenters. The molecule has 28 heavy (non-hydrogen) atoms. The third-order valence-electron chi connectivity index (χ3n) is 5.12. The van der Waals surface area contributed by atoms with Crippen LogP contribution in [0.15, 0.2) is 9.52 Å². The maximum absolute atomic E-state index is 5.50. The largest absolute Gasteiger partial charge is 0.371 e. The van der Waals surface area contributed by atoms with Crippen LogP contribution in [0.2, 0.25) is 0 Å². The average Bonchev–Trinajstić information content (AvgIpc) is 3.27. The Hall–Kier alpha value is -0.900. The van der Waals surface area contributed by atoms with Crippen LogP contribution in [0.4, 0.5) is 0 Å². The molecule has 0 radical (unpaired) electrons. The highest BCUT2D eigenvalue weighted by atomic mass is 127. The Bertz CT molecular complexity index is 585. The van der Waals surface area contributed by atoms with Crippen LogP contribution in [-0.2, 0) is 11.3 Å². The second-order valence-corrected chi connectivity index (χ2v) is 8.00. The molecule has 1 aliphatic rings. The minimum atomic E-state index is -0.166. The molecule has 2 rings (SSSR count). The van der Waals surface area contributed by atoms with Crippen molar-refractivity contribution in [3.63, 3.8) is 0 Å². The van der Waals surface area contributed by atoms with Crippen molar-refractivity contribution in [3.8, 4) is 0 Å². The van der Waals surface area contributed by atoms with Gasteiger partial charge in [0, 0.05) is 19.7 Å². The third-order valence-corrected chi connectivity index (χ3v) is 5.12. The lowest BCUT2D eigenvalue weighted by molar-refractivity contribution is 0.0683. The highest BCUT2D eigenvalue weighted by Crippen LogP contribution is 2.42. The summed E-state index contributed by atoms with van der Waals surface area (Å²) in [6, 6.07) is 0. The van der Waals surface area contributed by atoms with E-state index in [1.165, 1.54) is 32.1 Å². The molecule has 0 bridgehead atoms. The lowest BCUT2D eigenvalue weighted by Crippen LogP contribution is -2.43. The maximum Gasteiger partial charge on any atom is 0.248 e. The molecular formula is C20H38IN5O2. The van der Waals surface area contributed by atoms with Gasteiger partial charge in [0.15, 0.2) is 11.8 Å². The van der Waals surface area contributed by atoms with E-state index in [9.17, 15) is 0 Å². The fraction of sp³-hybridized carbons (Fsp3) is 0.850. The number of aliphatic imine (C=N–C) groups is 1. The van der Waals surface area contributed by atoms with Gasteiger partial charge < -0.3 is 19.9 Å². The molecule has 8 heteroatoms. The first-order valence-electron chi connectivity index (χ1n) is 10.4. The Morgan fingerprint density at radius 1 is 1.21 bits per heavy atom. The summed E-state index contributed by atoms with van der Waals surface area (Å²) < 4.78 is 10.8. The van der Waals surface area contributed by atoms with Crippen molar-refractivity contribution in [3.05, 3.63) is 11.7 Å². The molecule has 0 aromatic carbocycles. The number of aromatic nitrogens is 2. The molecule has 0 aliphatic heterocycles. The van der Waals surface area contributed by atoms with E-state index in [1.54, 1.807) is 0 Å². The van der Waals surface area contributed by atoms with Crippen molar-refractivity contribution in [2.75, 3.05) is 19.7 Å². The predicted molar refractivity (Wildman–Crippen MR) is 123 cm³/mol. The van der Waals surface area contributed by atoms with Gasteiger partial charge in [0.1, 0.15) is 12.6 Å². The zero-order valence-electron chi connectivity index (χ0n) is 18.1. The first-order chi connectivity index (χ1) is 13.0. The van der Waals surface area contributed by atoms with Gasteiger partial charge in [0.05, 0.1) is 0 Å². The second kappa shape index (κ2) is 12.6. The number of hydrogen-bond acceptors (Lipinski definition) is 5.